The summed E-state index contributed by atoms with van der Waals surface area (Å²) in [6.07, 6.45) is 1.47. The topological polar surface area (TPSA) is 79.9 Å². The molecule has 0 radical (unpaired) electrons. The van der Waals surface area contributed by atoms with E-state index in [1.54, 1.807) is 19.2 Å². The van der Waals surface area contributed by atoms with Crippen molar-refractivity contribution >= 4 is 35.8 Å². The van der Waals surface area contributed by atoms with E-state index in [1.807, 2.05) is 19.1 Å². The smallest absolute Gasteiger partial charge is 0.222 e. The number of methoxy groups -OCH3 is 1. The molecule has 0 spiro atoms. The van der Waals surface area contributed by atoms with Crippen molar-refractivity contribution in [3.8, 4) is 5.75 Å². The zero-order valence-corrected chi connectivity index (χ0v) is 20.9. The van der Waals surface area contributed by atoms with Gasteiger partial charge in [-0.15, -0.1) is 24.0 Å². The maximum Gasteiger partial charge on any atom is 0.222 e. The van der Waals surface area contributed by atoms with E-state index < -0.39 is 11.8 Å². The summed E-state index contributed by atoms with van der Waals surface area (Å²) in [6, 6.07) is 14.4. The number of nitrogens with two attached hydrogens (primary N) is 1. The molecule has 3 rings (SSSR count). The summed E-state index contributed by atoms with van der Waals surface area (Å²) in [4.78, 5) is 18.9. The molecule has 1 amide bonds. The van der Waals surface area contributed by atoms with E-state index >= 15 is 0 Å². The fourth-order valence-corrected chi connectivity index (χ4v) is 3.88. The van der Waals surface area contributed by atoms with Crippen LogP contribution < -0.4 is 15.8 Å². The first-order valence-corrected chi connectivity index (χ1v) is 10.7. The number of hydrogen-bond donors (Lipinski definition) is 2. The van der Waals surface area contributed by atoms with E-state index in [0.29, 0.717) is 18.9 Å². The molecule has 0 aromatic heterocycles. The van der Waals surface area contributed by atoms with E-state index in [0.717, 1.165) is 43.3 Å². The van der Waals surface area contributed by atoms with Crippen molar-refractivity contribution in [3.63, 3.8) is 0 Å². The minimum absolute atomic E-state index is 0. The van der Waals surface area contributed by atoms with Gasteiger partial charge in [-0.1, -0.05) is 24.3 Å². The highest BCUT2D eigenvalue weighted by Crippen LogP contribution is 2.28. The lowest BCUT2D eigenvalue weighted by molar-refractivity contribution is -0.121. The number of carbonyl (C=O) groups is 1. The molecule has 2 unspecified atom stereocenters. The highest BCUT2D eigenvalue weighted by atomic mass is 127. The first kappa shape index (κ1) is 25.9. The number of nitrogens with one attached hydrogen (secondary N) is 1. The second-order valence-corrected chi connectivity index (χ2v) is 7.83. The number of benzene rings is 2. The van der Waals surface area contributed by atoms with E-state index in [9.17, 15) is 9.18 Å². The second-order valence-electron chi connectivity index (χ2n) is 7.83. The van der Waals surface area contributed by atoms with Gasteiger partial charge in [0.25, 0.3) is 0 Å². The lowest BCUT2D eigenvalue weighted by Crippen LogP contribution is -2.41. The molecule has 3 N–H and O–H groups in total. The van der Waals surface area contributed by atoms with Gasteiger partial charge in [0.2, 0.25) is 5.91 Å². The number of hydrogen-bond acceptors (Lipinski definition) is 3. The summed E-state index contributed by atoms with van der Waals surface area (Å²) in [7, 11) is 1.67. The third-order valence-electron chi connectivity index (χ3n) is 5.67. The van der Waals surface area contributed by atoms with E-state index in [4.69, 9.17) is 15.5 Å². The highest BCUT2D eigenvalue weighted by Gasteiger charge is 2.26. The Kier molecular flexibility index (Phi) is 10.2. The Morgan fingerprint density at radius 2 is 1.94 bits per heavy atom. The summed E-state index contributed by atoms with van der Waals surface area (Å²) in [6.45, 7) is 4.80. The van der Waals surface area contributed by atoms with Gasteiger partial charge in [0.05, 0.1) is 19.6 Å². The number of carbonyl (C=O) groups excluding carboxylic acids is 1. The number of halogens is 2. The van der Waals surface area contributed by atoms with Crippen molar-refractivity contribution in [2.45, 2.75) is 25.7 Å². The standard InChI is InChI=1S/C24H31FN4O2.HI/c1-3-27-24(28-15-20(23(26)30)14-17-4-8-21(25)9-5-17)29-13-12-19(16-29)18-6-10-22(31-2)11-7-18;/h4-11,19-20H,3,12-16H2,1-2H3,(H2,26,30)(H,27,28);1H. The van der Waals surface area contributed by atoms with Crippen LogP contribution in [0.5, 0.6) is 5.75 Å². The Labute approximate surface area is 206 Å². The maximum absolute atomic E-state index is 13.2. The van der Waals surface area contributed by atoms with Crippen LogP contribution in [0, 0.1) is 11.7 Å². The number of ether oxygens (including phenoxy) is 1. The number of nitrogens with zero attached hydrogens (tertiary/aromatic N) is 2. The van der Waals surface area contributed by atoms with Crippen molar-refractivity contribution in [1.82, 2.24) is 10.2 Å². The molecule has 174 valence electrons. The van der Waals surface area contributed by atoms with Crippen LogP contribution in [0.25, 0.3) is 0 Å². The van der Waals surface area contributed by atoms with Crippen LogP contribution in [-0.2, 0) is 11.2 Å². The maximum atomic E-state index is 13.2. The van der Waals surface area contributed by atoms with Gasteiger partial charge in [-0.2, -0.15) is 0 Å². The Hall–Kier alpha value is -2.36. The van der Waals surface area contributed by atoms with Crippen molar-refractivity contribution in [2.75, 3.05) is 33.3 Å². The number of amides is 1. The van der Waals surface area contributed by atoms with Crippen molar-refractivity contribution in [1.29, 1.82) is 0 Å². The molecule has 0 bridgehead atoms. The Bertz CT molecular complexity index is 890. The Balaban J connectivity index is 0.00000363. The average molecular weight is 554 g/mol. The fraction of sp³-hybridized carbons (Fsp3) is 0.417. The van der Waals surface area contributed by atoms with Crippen molar-refractivity contribution < 1.29 is 13.9 Å². The van der Waals surface area contributed by atoms with Gasteiger partial charge in [0, 0.05) is 25.6 Å². The Morgan fingerprint density at radius 3 is 2.53 bits per heavy atom. The SMILES string of the molecule is CCNC(=NCC(Cc1ccc(F)cc1)C(N)=O)N1CCC(c2ccc(OC)cc2)C1.I. The minimum atomic E-state index is -0.445. The van der Waals surface area contributed by atoms with Crippen LogP contribution >= 0.6 is 24.0 Å². The molecule has 1 saturated heterocycles. The quantitative estimate of drug-likeness (QED) is 0.297. The normalized spacial score (nSPS) is 16.9. The predicted octanol–water partition coefficient (Wildman–Crippen LogP) is 3.55. The number of guanidine groups is 1. The van der Waals surface area contributed by atoms with E-state index in [2.05, 4.69) is 22.3 Å². The van der Waals surface area contributed by atoms with Gasteiger partial charge in [-0.05, 0) is 55.2 Å². The molecule has 2 atom stereocenters. The predicted molar refractivity (Wildman–Crippen MR) is 136 cm³/mol. The molecule has 2 aromatic rings. The summed E-state index contributed by atoms with van der Waals surface area (Å²) in [5.74, 6) is 0.921. The van der Waals surface area contributed by atoms with Crippen LogP contribution in [0.15, 0.2) is 53.5 Å². The third kappa shape index (κ3) is 7.08. The summed E-state index contributed by atoms with van der Waals surface area (Å²) < 4.78 is 18.4. The third-order valence-corrected chi connectivity index (χ3v) is 5.67. The molecule has 1 aliphatic rings. The number of aliphatic imine (C=N–C) groups is 1. The van der Waals surface area contributed by atoms with Gasteiger partial charge < -0.3 is 20.7 Å². The molecule has 1 aliphatic heterocycles. The summed E-state index contributed by atoms with van der Waals surface area (Å²) >= 11 is 0. The van der Waals surface area contributed by atoms with Gasteiger partial charge in [-0.3, -0.25) is 9.79 Å². The minimum Gasteiger partial charge on any atom is -0.497 e. The molecule has 1 fully saturated rings. The second kappa shape index (κ2) is 12.6. The summed E-state index contributed by atoms with van der Waals surface area (Å²) in [5, 5.41) is 3.33. The van der Waals surface area contributed by atoms with Crippen LogP contribution in [0.3, 0.4) is 0 Å². The molecular formula is C24H32FIN4O2. The molecular weight excluding hydrogens is 522 g/mol. The van der Waals surface area contributed by atoms with Crippen LogP contribution in [0.1, 0.15) is 30.4 Å². The lowest BCUT2D eigenvalue weighted by atomic mass is 9.98. The molecule has 1 heterocycles. The van der Waals surface area contributed by atoms with E-state index in [-0.39, 0.29) is 29.8 Å². The van der Waals surface area contributed by atoms with Gasteiger partial charge >= 0.3 is 0 Å². The fourth-order valence-electron chi connectivity index (χ4n) is 3.88. The zero-order valence-electron chi connectivity index (χ0n) is 18.6. The van der Waals surface area contributed by atoms with Crippen LogP contribution in [-0.4, -0.2) is 50.1 Å². The first-order valence-electron chi connectivity index (χ1n) is 10.7. The van der Waals surface area contributed by atoms with Crippen LogP contribution in [0.4, 0.5) is 4.39 Å². The van der Waals surface area contributed by atoms with Crippen molar-refractivity contribution in [3.05, 3.63) is 65.5 Å². The first-order chi connectivity index (χ1) is 15.0. The number of rotatable bonds is 8. The summed E-state index contributed by atoms with van der Waals surface area (Å²) in [5.41, 5.74) is 7.77. The highest BCUT2D eigenvalue weighted by molar-refractivity contribution is 14.0. The molecule has 0 aliphatic carbocycles. The number of primary amides is 1. The molecule has 2 aromatic carbocycles. The van der Waals surface area contributed by atoms with Crippen molar-refractivity contribution in [2.24, 2.45) is 16.6 Å². The zero-order chi connectivity index (χ0) is 22.2. The molecule has 8 heteroatoms. The monoisotopic (exact) mass is 554 g/mol. The largest absolute Gasteiger partial charge is 0.497 e. The Morgan fingerprint density at radius 1 is 1.25 bits per heavy atom. The molecule has 32 heavy (non-hydrogen) atoms. The van der Waals surface area contributed by atoms with Gasteiger partial charge in [0.15, 0.2) is 5.96 Å². The van der Waals surface area contributed by atoms with Gasteiger partial charge in [-0.25, -0.2) is 4.39 Å². The molecule has 0 saturated carbocycles. The molecule has 6 nitrogen and oxygen atoms in total. The van der Waals surface area contributed by atoms with Crippen LogP contribution in [0.2, 0.25) is 0 Å². The number of likely N-dealkylation sites (tertiary alicyclic amines) is 1. The van der Waals surface area contributed by atoms with E-state index in [1.165, 1.54) is 17.7 Å². The van der Waals surface area contributed by atoms with Gasteiger partial charge in [0.1, 0.15) is 11.6 Å². The average Bonchev–Trinajstić information content (AvgIpc) is 3.27. The lowest BCUT2D eigenvalue weighted by Gasteiger charge is -2.22.